The summed E-state index contributed by atoms with van der Waals surface area (Å²) >= 11 is 1.45. The second-order valence-corrected chi connectivity index (χ2v) is 11.5. The Bertz CT molecular complexity index is 1570. The molecule has 9 nitrogen and oxygen atoms in total. The molecule has 4 aromatic rings. The minimum Gasteiger partial charge on any atom is -0.444 e. The highest BCUT2D eigenvalue weighted by molar-refractivity contribution is 7.15. The number of alkyl carbamates (subject to hydrolysis) is 1. The summed E-state index contributed by atoms with van der Waals surface area (Å²) in [6.45, 7) is 5.64. The van der Waals surface area contributed by atoms with E-state index < -0.39 is 23.8 Å². The van der Waals surface area contributed by atoms with Gasteiger partial charge in [-0.15, -0.1) is 11.3 Å². The lowest BCUT2D eigenvalue weighted by atomic mass is 10.0. The molecule has 1 aliphatic heterocycles. The average Bonchev–Trinajstić information content (AvgIpc) is 3.69. The monoisotopic (exact) mass is 569 g/mol. The molecule has 0 bridgehead atoms. The van der Waals surface area contributed by atoms with Crippen molar-refractivity contribution >= 4 is 40.0 Å². The standard InChI is InChI=1S/C31H31N5O4S/c1-31(2,3)40-30(39)33-26(23-13-8-5-9-14-23)28(38)35-17-10-15-24(35)27(37)36(18-16-22-11-6-4-7-12-22)25-21-34-19-20-41-29(34)32-25/h4-9,11-14,19-21,24,26H,10,15,17H2,1-3H3,(H,33,39)/t24?,26-/m0/s1. The Balaban J connectivity index is 1.45. The quantitative estimate of drug-likeness (QED) is 0.270. The zero-order valence-corrected chi connectivity index (χ0v) is 23.9. The van der Waals surface area contributed by atoms with E-state index in [9.17, 15) is 14.4 Å². The van der Waals surface area contributed by atoms with Crippen molar-refractivity contribution in [2.24, 2.45) is 0 Å². The molecule has 0 saturated carbocycles. The van der Waals surface area contributed by atoms with Gasteiger partial charge in [0.15, 0.2) is 10.8 Å². The summed E-state index contributed by atoms with van der Waals surface area (Å²) in [6.07, 6.45) is 4.00. The first-order chi connectivity index (χ1) is 19.7. The lowest BCUT2D eigenvalue weighted by molar-refractivity contribution is -0.139. The van der Waals surface area contributed by atoms with Gasteiger partial charge in [0.05, 0.1) is 6.20 Å². The topological polar surface area (TPSA) is 96.2 Å². The molecule has 5 rings (SSSR count). The molecule has 3 heterocycles. The second kappa shape index (κ2) is 11.9. The van der Waals surface area contributed by atoms with Crippen LogP contribution < -0.4 is 10.2 Å². The van der Waals surface area contributed by atoms with Crippen molar-refractivity contribution in [1.29, 1.82) is 0 Å². The Morgan fingerprint density at radius 1 is 1.10 bits per heavy atom. The Labute approximate surface area is 242 Å². The molecule has 1 saturated heterocycles. The van der Waals surface area contributed by atoms with Crippen LogP contribution in [-0.4, -0.2) is 50.4 Å². The first-order valence-corrected chi connectivity index (χ1v) is 14.3. The maximum absolute atomic E-state index is 14.1. The maximum atomic E-state index is 14.1. The van der Waals surface area contributed by atoms with Gasteiger partial charge in [-0.05, 0) is 57.2 Å². The number of amides is 3. The van der Waals surface area contributed by atoms with Crippen molar-refractivity contribution < 1.29 is 19.1 Å². The van der Waals surface area contributed by atoms with Crippen LogP contribution >= 0.6 is 11.3 Å². The summed E-state index contributed by atoms with van der Waals surface area (Å²) in [4.78, 5) is 49.1. The molecule has 0 spiro atoms. The lowest BCUT2D eigenvalue weighted by Gasteiger charge is -2.30. The Kier molecular flexibility index (Phi) is 8.08. The van der Waals surface area contributed by atoms with Gasteiger partial charge >= 0.3 is 6.09 Å². The van der Waals surface area contributed by atoms with Gasteiger partial charge in [-0.2, -0.15) is 4.98 Å². The number of rotatable bonds is 5. The number of aromatic nitrogens is 2. The molecular formula is C31H31N5O4S. The minimum absolute atomic E-state index is 0.353. The summed E-state index contributed by atoms with van der Waals surface area (Å²) in [7, 11) is 0. The van der Waals surface area contributed by atoms with E-state index in [1.807, 2.05) is 52.4 Å². The van der Waals surface area contributed by atoms with E-state index in [4.69, 9.17) is 4.74 Å². The van der Waals surface area contributed by atoms with Crippen LogP contribution in [0, 0.1) is 12.0 Å². The van der Waals surface area contributed by atoms with E-state index in [0.29, 0.717) is 30.8 Å². The van der Waals surface area contributed by atoms with Crippen LogP contribution in [0.4, 0.5) is 10.6 Å². The van der Waals surface area contributed by atoms with Crippen LogP contribution in [0.3, 0.4) is 0 Å². The van der Waals surface area contributed by atoms with E-state index in [1.165, 1.54) is 21.1 Å². The van der Waals surface area contributed by atoms with Crippen molar-refractivity contribution in [3.8, 4) is 12.0 Å². The van der Waals surface area contributed by atoms with Crippen molar-refractivity contribution in [3.63, 3.8) is 0 Å². The second-order valence-electron chi connectivity index (χ2n) is 10.6. The zero-order chi connectivity index (χ0) is 29.0. The van der Waals surface area contributed by atoms with E-state index in [0.717, 1.165) is 10.5 Å². The third-order valence-corrected chi connectivity index (χ3v) is 7.25. The normalized spacial score (nSPS) is 15.6. The average molecular weight is 570 g/mol. The molecule has 210 valence electrons. The largest absolute Gasteiger partial charge is 0.444 e. The van der Waals surface area contributed by atoms with Gasteiger partial charge in [0.2, 0.25) is 0 Å². The number of ether oxygens (including phenoxy) is 1. The molecule has 1 unspecified atom stereocenters. The van der Waals surface area contributed by atoms with Crippen LogP contribution in [-0.2, 0) is 14.3 Å². The van der Waals surface area contributed by atoms with E-state index >= 15 is 0 Å². The smallest absolute Gasteiger partial charge is 0.408 e. The van der Waals surface area contributed by atoms with Crippen LogP contribution in [0.1, 0.15) is 50.8 Å². The SMILES string of the molecule is CC(C)(C)OC(=O)N[C@H](C(=O)N1CCCC1C(=O)N(C#Cc1ccccc1)c1cn2ccsc2n1)c1ccccc1. The molecule has 3 amide bonds. The Morgan fingerprint density at radius 3 is 2.49 bits per heavy atom. The summed E-state index contributed by atoms with van der Waals surface area (Å²) in [6, 6.07) is 19.5. The lowest BCUT2D eigenvalue weighted by Crippen LogP contribution is -2.51. The van der Waals surface area contributed by atoms with E-state index in [-0.39, 0.29) is 11.8 Å². The number of hydrogen-bond acceptors (Lipinski definition) is 6. The zero-order valence-electron chi connectivity index (χ0n) is 23.1. The van der Waals surface area contributed by atoms with E-state index in [1.54, 1.807) is 51.2 Å². The number of fused-ring (bicyclic) bond motifs is 1. The fourth-order valence-corrected chi connectivity index (χ4v) is 5.35. The highest BCUT2D eigenvalue weighted by atomic mass is 32.1. The van der Waals surface area contributed by atoms with Gasteiger partial charge in [-0.3, -0.25) is 14.0 Å². The molecule has 1 fully saturated rings. The van der Waals surface area contributed by atoms with Crippen LogP contribution in [0.2, 0.25) is 0 Å². The Morgan fingerprint density at radius 2 is 1.80 bits per heavy atom. The van der Waals surface area contributed by atoms with Crippen LogP contribution in [0.5, 0.6) is 0 Å². The number of likely N-dealkylation sites (tertiary alicyclic amines) is 1. The van der Waals surface area contributed by atoms with Gasteiger partial charge in [0, 0.05) is 29.7 Å². The summed E-state index contributed by atoms with van der Waals surface area (Å²) in [5.74, 6) is 2.70. The predicted octanol–water partition coefficient (Wildman–Crippen LogP) is 5.00. The summed E-state index contributed by atoms with van der Waals surface area (Å²) in [5, 5.41) is 4.64. The molecule has 0 radical (unpaired) electrons. The highest BCUT2D eigenvalue weighted by Gasteiger charge is 2.41. The van der Waals surface area contributed by atoms with Crippen LogP contribution in [0.15, 0.2) is 78.4 Å². The number of carbonyl (C=O) groups excluding carboxylic acids is 3. The van der Waals surface area contributed by atoms with Gasteiger partial charge in [0.25, 0.3) is 11.8 Å². The molecule has 41 heavy (non-hydrogen) atoms. The minimum atomic E-state index is -1.03. The van der Waals surface area contributed by atoms with Crippen molar-refractivity contribution in [1.82, 2.24) is 19.6 Å². The molecule has 1 N–H and O–H groups in total. The predicted molar refractivity (Wildman–Crippen MR) is 157 cm³/mol. The number of hydrogen-bond donors (Lipinski definition) is 1. The number of imidazole rings is 1. The number of nitrogens with one attached hydrogen (secondary N) is 1. The number of carbonyl (C=O) groups is 3. The number of anilines is 1. The highest BCUT2D eigenvalue weighted by Crippen LogP contribution is 2.27. The third kappa shape index (κ3) is 6.58. The van der Waals surface area contributed by atoms with Gasteiger partial charge in [-0.1, -0.05) is 48.5 Å². The fraction of sp³-hybridized carbons (Fsp3) is 0.290. The van der Waals surface area contributed by atoms with Gasteiger partial charge < -0.3 is 15.0 Å². The van der Waals surface area contributed by atoms with Gasteiger partial charge in [0.1, 0.15) is 17.7 Å². The molecule has 0 aliphatic carbocycles. The number of benzene rings is 2. The molecule has 2 aromatic heterocycles. The van der Waals surface area contributed by atoms with E-state index in [2.05, 4.69) is 22.3 Å². The van der Waals surface area contributed by atoms with Gasteiger partial charge in [-0.25, -0.2) is 9.69 Å². The molecule has 10 heteroatoms. The van der Waals surface area contributed by atoms with Crippen LogP contribution in [0.25, 0.3) is 4.96 Å². The summed E-state index contributed by atoms with van der Waals surface area (Å²) < 4.78 is 7.28. The van der Waals surface area contributed by atoms with Crippen molar-refractivity contribution in [2.45, 2.75) is 51.3 Å². The third-order valence-electron chi connectivity index (χ3n) is 6.48. The maximum Gasteiger partial charge on any atom is 0.408 e. The molecule has 1 aliphatic rings. The molecular weight excluding hydrogens is 538 g/mol. The Hall–Kier alpha value is -4.62. The first kappa shape index (κ1) is 27.9. The number of nitrogens with zero attached hydrogens (tertiary/aromatic N) is 4. The first-order valence-electron chi connectivity index (χ1n) is 13.4. The fourth-order valence-electron chi connectivity index (χ4n) is 4.65. The molecule has 2 atom stereocenters. The molecule has 2 aromatic carbocycles. The van der Waals surface area contributed by atoms with Crippen molar-refractivity contribution in [3.05, 3.63) is 89.6 Å². The summed E-state index contributed by atoms with van der Waals surface area (Å²) in [5.41, 5.74) is 0.601. The number of thiazole rings is 1. The van der Waals surface area contributed by atoms with Crippen molar-refractivity contribution in [2.75, 3.05) is 11.4 Å².